The summed E-state index contributed by atoms with van der Waals surface area (Å²) in [5, 5.41) is 9.81. The molecule has 0 N–H and O–H groups in total. The Balaban J connectivity index is 3.15. The number of carbonyl (C=O) groups excluding carboxylic acids is 1. The number of halogens is 1. The second-order valence-electron chi connectivity index (χ2n) is 3.86. The molecule has 1 aromatic rings. The highest BCUT2D eigenvalue weighted by atomic mass is 79.9. The van der Waals surface area contributed by atoms with Gasteiger partial charge in [0.05, 0.1) is 24.7 Å². The Morgan fingerprint density at radius 3 is 2.67 bits per heavy atom. The van der Waals surface area contributed by atoms with Gasteiger partial charge in [0, 0.05) is 5.33 Å². The lowest BCUT2D eigenvalue weighted by Crippen LogP contribution is -2.11. The van der Waals surface area contributed by atoms with Crippen molar-refractivity contribution in [2.24, 2.45) is 0 Å². The van der Waals surface area contributed by atoms with Gasteiger partial charge in [-0.05, 0) is 36.1 Å². The van der Waals surface area contributed by atoms with Crippen LogP contribution in [0.15, 0.2) is 12.1 Å². The molecule has 96 valence electrons. The van der Waals surface area contributed by atoms with Crippen molar-refractivity contribution >= 4 is 21.9 Å². The number of hydrogen-bond donors (Lipinski definition) is 0. The van der Waals surface area contributed by atoms with Crippen molar-refractivity contribution in [3.05, 3.63) is 34.4 Å². The molecule has 18 heavy (non-hydrogen) atoms. The standard InChI is InChI=1S/C14H16BrNO2/c1-3-10-5-11(8-15)13(12(6-10)9-16)7-14(17)18-4-2/h5-6H,3-4,7-8H2,1-2H3. The van der Waals surface area contributed by atoms with Crippen molar-refractivity contribution in [2.75, 3.05) is 6.61 Å². The summed E-state index contributed by atoms with van der Waals surface area (Å²) in [7, 11) is 0. The topological polar surface area (TPSA) is 50.1 Å². The molecule has 0 fully saturated rings. The Bertz CT molecular complexity index is 477. The predicted molar refractivity (Wildman–Crippen MR) is 73.5 cm³/mol. The molecule has 3 nitrogen and oxygen atoms in total. The van der Waals surface area contributed by atoms with E-state index in [-0.39, 0.29) is 12.4 Å². The molecule has 0 spiro atoms. The van der Waals surface area contributed by atoms with Gasteiger partial charge in [-0.3, -0.25) is 4.79 Å². The molecule has 0 saturated carbocycles. The normalized spacial score (nSPS) is 9.89. The lowest BCUT2D eigenvalue weighted by atomic mass is 9.96. The minimum absolute atomic E-state index is 0.154. The summed E-state index contributed by atoms with van der Waals surface area (Å²) in [6, 6.07) is 6.04. The fourth-order valence-electron chi connectivity index (χ4n) is 1.79. The molecule has 1 rings (SSSR count). The molecule has 0 heterocycles. The monoisotopic (exact) mass is 309 g/mol. The number of aryl methyl sites for hydroxylation is 1. The summed E-state index contributed by atoms with van der Waals surface area (Å²) in [6.07, 6.45) is 1.02. The van der Waals surface area contributed by atoms with Crippen molar-refractivity contribution in [1.82, 2.24) is 0 Å². The van der Waals surface area contributed by atoms with Crippen LogP contribution in [0.4, 0.5) is 0 Å². The van der Waals surface area contributed by atoms with E-state index in [1.165, 1.54) is 0 Å². The second kappa shape index (κ2) is 7.17. The maximum Gasteiger partial charge on any atom is 0.310 e. The van der Waals surface area contributed by atoms with E-state index in [4.69, 9.17) is 4.74 Å². The molecule has 0 aliphatic carbocycles. The Labute approximate surface area is 116 Å². The van der Waals surface area contributed by atoms with Crippen LogP contribution in [0.3, 0.4) is 0 Å². The quantitative estimate of drug-likeness (QED) is 0.620. The van der Waals surface area contributed by atoms with Crippen LogP contribution in [0.25, 0.3) is 0 Å². The summed E-state index contributed by atoms with van der Waals surface area (Å²) in [4.78, 5) is 11.6. The number of esters is 1. The van der Waals surface area contributed by atoms with Crippen molar-refractivity contribution in [2.45, 2.75) is 32.0 Å². The molecule has 0 saturated heterocycles. The van der Waals surface area contributed by atoms with E-state index in [0.717, 1.165) is 23.1 Å². The van der Waals surface area contributed by atoms with E-state index in [1.807, 2.05) is 19.1 Å². The Morgan fingerprint density at radius 1 is 1.44 bits per heavy atom. The molecule has 0 amide bonds. The number of hydrogen-bond acceptors (Lipinski definition) is 3. The molecule has 0 aliphatic heterocycles. The first-order chi connectivity index (χ1) is 8.65. The highest BCUT2D eigenvalue weighted by molar-refractivity contribution is 9.08. The number of ether oxygens (including phenoxy) is 1. The SMILES string of the molecule is CCOC(=O)Cc1c(C#N)cc(CC)cc1CBr. The summed E-state index contributed by atoms with van der Waals surface area (Å²) >= 11 is 3.40. The highest BCUT2D eigenvalue weighted by Crippen LogP contribution is 2.21. The van der Waals surface area contributed by atoms with E-state index < -0.39 is 0 Å². The maximum absolute atomic E-state index is 11.6. The largest absolute Gasteiger partial charge is 0.466 e. The van der Waals surface area contributed by atoms with Crippen LogP contribution in [0.2, 0.25) is 0 Å². The Hall–Kier alpha value is -1.34. The van der Waals surface area contributed by atoms with E-state index in [0.29, 0.717) is 17.5 Å². The first-order valence-corrected chi connectivity index (χ1v) is 7.04. The number of carbonyl (C=O) groups is 1. The van der Waals surface area contributed by atoms with Crippen LogP contribution in [0, 0.1) is 11.3 Å². The fraction of sp³-hybridized carbons (Fsp3) is 0.429. The van der Waals surface area contributed by atoms with Gasteiger partial charge < -0.3 is 4.74 Å². The van der Waals surface area contributed by atoms with Gasteiger partial charge >= 0.3 is 5.97 Å². The van der Waals surface area contributed by atoms with Crippen LogP contribution in [-0.4, -0.2) is 12.6 Å². The zero-order valence-electron chi connectivity index (χ0n) is 10.6. The number of nitrogens with zero attached hydrogens (tertiary/aromatic N) is 1. The molecule has 0 atom stereocenters. The molecule has 0 radical (unpaired) electrons. The number of nitriles is 1. The van der Waals surface area contributed by atoms with Crippen LogP contribution in [0.1, 0.15) is 36.1 Å². The Kier molecular flexibility index (Phi) is 5.87. The molecular weight excluding hydrogens is 294 g/mol. The first kappa shape index (κ1) is 14.7. The van der Waals surface area contributed by atoms with Gasteiger partial charge in [-0.2, -0.15) is 5.26 Å². The van der Waals surface area contributed by atoms with E-state index in [1.54, 1.807) is 6.92 Å². The zero-order valence-corrected chi connectivity index (χ0v) is 12.2. The average molecular weight is 310 g/mol. The molecule has 0 bridgehead atoms. The molecule has 0 unspecified atom stereocenters. The highest BCUT2D eigenvalue weighted by Gasteiger charge is 2.14. The smallest absolute Gasteiger partial charge is 0.310 e. The third-order valence-corrected chi connectivity index (χ3v) is 3.31. The molecule has 4 heteroatoms. The summed E-state index contributed by atoms with van der Waals surface area (Å²) < 4.78 is 4.94. The van der Waals surface area contributed by atoms with Crippen LogP contribution < -0.4 is 0 Å². The van der Waals surface area contributed by atoms with Crippen molar-refractivity contribution in [3.8, 4) is 6.07 Å². The third kappa shape index (κ3) is 3.58. The summed E-state index contributed by atoms with van der Waals surface area (Å²) in [6.45, 7) is 4.17. The van der Waals surface area contributed by atoms with Crippen LogP contribution >= 0.6 is 15.9 Å². The minimum atomic E-state index is -0.291. The van der Waals surface area contributed by atoms with Gasteiger partial charge in [0.2, 0.25) is 0 Å². The van der Waals surface area contributed by atoms with Crippen LogP contribution in [-0.2, 0) is 27.7 Å². The van der Waals surface area contributed by atoms with E-state index in [2.05, 4.69) is 22.0 Å². The zero-order chi connectivity index (χ0) is 13.5. The van der Waals surface area contributed by atoms with Gasteiger partial charge in [-0.15, -0.1) is 0 Å². The molecule has 0 aliphatic rings. The molecule has 0 aromatic heterocycles. The van der Waals surface area contributed by atoms with Crippen molar-refractivity contribution in [1.29, 1.82) is 5.26 Å². The summed E-state index contributed by atoms with van der Waals surface area (Å²) in [5.74, 6) is -0.291. The number of alkyl halides is 1. The summed E-state index contributed by atoms with van der Waals surface area (Å²) in [5.41, 5.74) is 3.43. The first-order valence-electron chi connectivity index (χ1n) is 5.92. The van der Waals surface area contributed by atoms with Crippen molar-refractivity contribution < 1.29 is 9.53 Å². The average Bonchev–Trinajstić information content (AvgIpc) is 2.39. The lowest BCUT2D eigenvalue weighted by Gasteiger charge is -2.11. The van der Waals surface area contributed by atoms with Gasteiger partial charge in [0.1, 0.15) is 0 Å². The van der Waals surface area contributed by atoms with Gasteiger partial charge in [-0.1, -0.05) is 28.9 Å². The second-order valence-corrected chi connectivity index (χ2v) is 4.42. The van der Waals surface area contributed by atoms with Gasteiger partial charge in [0.25, 0.3) is 0 Å². The lowest BCUT2D eigenvalue weighted by molar-refractivity contribution is -0.142. The number of rotatable bonds is 5. The fourth-order valence-corrected chi connectivity index (χ4v) is 2.29. The minimum Gasteiger partial charge on any atom is -0.466 e. The van der Waals surface area contributed by atoms with Crippen molar-refractivity contribution in [3.63, 3.8) is 0 Å². The molecular formula is C14H16BrNO2. The van der Waals surface area contributed by atoms with Gasteiger partial charge in [0.15, 0.2) is 0 Å². The van der Waals surface area contributed by atoms with E-state index in [9.17, 15) is 10.1 Å². The third-order valence-electron chi connectivity index (χ3n) is 2.70. The Morgan fingerprint density at radius 2 is 2.17 bits per heavy atom. The maximum atomic E-state index is 11.6. The predicted octanol–water partition coefficient (Wildman–Crippen LogP) is 3.12. The van der Waals surface area contributed by atoms with E-state index >= 15 is 0 Å². The number of benzene rings is 1. The van der Waals surface area contributed by atoms with Gasteiger partial charge in [-0.25, -0.2) is 0 Å². The molecule has 1 aromatic carbocycles. The van der Waals surface area contributed by atoms with Crippen LogP contribution in [0.5, 0.6) is 0 Å².